The Morgan fingerprint density at radius 2 is 1.86 bits per heavy atom. The van der Waals surface area contributed by atoms with E-state index in [2.05, 4.69) is 10.6 Å². The SMILES string of the molecule is CCC(C)NCC(=O)N[C@@H](Cc1ccc(O)cc1)C(=O)O. The molecule has 0 radical (unpaired) electrons. The second-order valence-electron chi connectivity index (χ2n) is 5.02. The molecule has 6 nitrogen and oxygen atoms in total. The van der Waals surface area contributed by atoms with Crippen LogP contribution in [0.15, 0.2) is 24.3 Å². The molecule has 4 N–H and O–H groups in total. The van der Waals surface area contributed by atoms with E-state index in [0.717, 1.165) is 12.0 Å². The van der Waals surface area contributed by atoms with Crippen LogP contribution in [0.4, 0.5) is 0 Å². The lowest BCUT2D eigenvalue weighted by atomic mass is 10.1. The smallest absolute Gasteiger partial charge is 0.326 e. The number of aliphatic carboxylic acids is 1. The molecule has 0 aliphatic carbocycles. The molecule has 1 amide bonds. The highest BCUT2D eigenvalue weighted by Crippen LogP contribution is 2.11. The maximum atomic E-state index is 11.7. The number of benzene rings is 1. The van der Waals surface area contributed by atoms with Gasteiger partial charge in [0.2, 0.25) is 5.91 Å². The molecule has 0 fully saturated rings. The van der Waals surface area contributed by atoms with Gasteiger partial charge in [-0.2, -0.15) is 0 Å². The van der Waals surface area contributed by atoms with E-state index in [-0.39, 0.29) is 30.7 Å². The van der Waals surface area contributed by atoms with Gasteiger partial charge in [-0.1, -0.05) is 19.1 Å². The van der Waals surface area contributed by atoms with E-state index in [4.69, 9.17) is 0 Å². The molecular weight excluding hydrogens is 272 g/mol. The summed E-state index contributed by atoms with van der Waals surface area (Å²) in [6.45, 7) is 4.05. The van der Waals surface area contributed by atoms with Crippen molar-refractivity contribution in [2.45, 2.75) is 38.8 Å². The number of hydrogen-bond acceptors (Lipinski definition) is 4. The van der Waals surface area contributed by atoms with Crippen LogP contribution in [-0.4, -0.2) is 40.7 Å². The van der Waals surface area contributed by atoms with E-state index in [1.807, 2.05) is 13.8 Å². The first-order valence-electron chi connectivity index (χ1n) is 6.95. The second-order valence-corrected chi connectivity index (χ2v) is 5.02. The Bertz CT molecular complexity index is 473. The number of amides is 1. The van der Waals surface area contributed by atoms with Gasteiger partial charge in [0.1, 0.15) is 11.8 Å². The lowest BCUT2D eigenvalue weighted by molar-refractivity contribution is -0.141. The fourth-order valence-corrected chi connectivity index (χ4v) is 1.72. The zero-order valence-corrected chi connectivity index (χ0v) is 12.3. The van der Waals surface area contributed by atoms with Gasteiger partial charge in [-0.3, -0.25) is 4.79 Å². The van der Waals surface area contributed by atoms with Gasteiger partial charge in [-0.25, -0.2) is 4.79 Å². The Balaban J connectivity index is 2.55. The average molecular weight is 294 g/mol. The van der Waals surface area contributed by atoms with E-state index in [9.17, 15) is 19.8 Å². The summed E-state index contributed by atoms with van der Waals surface area (Å²) in [4.78, 5) is 23.0. The average Bonchev–Trinajstić information content (AvgIpc) is 2.46. The zero-order valence-electron chi connectivity index (χ0n) is 12.3. The third kappa shape index (κ3) is 6.27. The number of carboxylic acids is 1. The van der Waals surface area contributed by atoms with Crippen LogP contribution in [-0.2, 0) is 16.0 Å². The number of phenolic OH excluding ortho intramolecular Hbond substituents is 1. The summed E-state index contributed by atoms with van der Waals surface area (Å²) < 4.78 is 0. The molecule has 0 aliphatic rings. The van der Waals surface area contributed by atoms with Crippen LogP contribution in [0, 0.1) is 0 Å². The molecule has 0 heterocycles. The Hall–Kier alpha value is -2.08. The molecule has 1 aromatic rings. The van der Waals surface area contributed by atoms with Gasteiger partial charge in [0.15, 0.2) is 0 Å². The van der Waals surface area contributed by atoms with Crippen LogP contribution in [0.25, 0.3) is 0 Å². The monoisotopic (exact) mass is 294 g/mol. The first-order chi connectivity index (χ1) is 9.92. The Labute approximate surface area is 124 Å². The zero-order chi connectivity index (χ0) is 15.8. The molecule has 1 rings (SSSR count). The van der Waals surface area contributed by atoms with E-state index in [1.165, 1.54) is 12.1 Å². The topological polar surface area (TPSA) is 98.7 Å². The molecule has 0 spiro atoms. The largest absolute Gasteiger partial charge is 0.508 e. The van der Waals surface area contributed by atoms with Gasteiger partial charge in [0.25, 0.3) is 0 Å². The number of carboxylic acid groups (broad SMARTS) is 1. The predicted molar refractivity (Wildman–Crippen MR) is 79.1 cm³/mol. The fraction of sp³-hybridized carbons (Fsp3) is 0.467. The van der Waals surface area contributed by atoms with E-state index < -0.39 is 12.0 Å². The van der Waals surface area contributed by atoms with E-state index in [1.54, 1.807) is 12.1 Å². The summed E-state index contributed by atoms with van der Waals surface area (Å²) in [6, 6.07) is 5.46. The van der Waals surface area contributed by atoms with Crippen molar-refractivity contribution in [2.24, 2.45) is 0 Å². The summed E-state index contributed by atoms with van der Waals surface area (Å²) in [6.07, 6.45) is 1.06. The Kier molecular flexibility index (Phi) is 6.68. The normalized spacial score (nSPS) is 13.4. The number of rotatable bonds is 8. The van der Waals surface area contributed by atoms with Crippen molar-refractivity contribution in [3.05, 3.63) is 29.8 Å². The minimum absolute atomic E-state index is 0.0916. The predicted octanol–water partition coefficient (Wildman–Crippen LogP) is 0.892. The third-order valence-corrected chi connectivity index (χ3v) is 3.23. The highest BCUT2D eigenvalue weighted by Gasteiger charge is 2.20. The highest BCUT2D eigenvalue weighted by atomic mass is 16.4. The van der Waals surface area contributed by atoms with E-state index in [0.29, 0.717) is 0 Å². The van der Waals surface area contributed by atoms with Gasteiger partial charge in [0.05, 0.1) is 6.54 Å². The lowest BCUT2D eigenvalue weighted by Crippen LogP contribution is -2.46. The minimum Gasteiger partial charge on any atom is -0.508 e. The number of nitrogens with one attached hydrogen (secondary N) is 2. The lowest BCUT2D eigenvalue weighted by Gasteiger charge is -2.16. The van der Waals surface area contributed by atoms with Crippen molar-refractivity contribution in [2.75, 3.05) is 6.54 Å². The Morgan fingerprint density at radius 1 is 1.24 bits per heavy atom. The standard InChI is InChI=1S/C15H22N2O4/c1-3-10(2)16-9-14(19)17-13(15(20)21)8-11-4-6-12(18)7-5-11/h4-7,10,13,16,18H,3,8-9H2,1-2H3,(H,17,19)(H,20,21)/t10?,13-/m0/s1. The van der Waals surface area contributed by atoms with Gasteiger partial charge in [0, 0.05) is 12.5 Å². The summed E-state index contributed by atoms with van der Waals surface area (Å²) in [5.74, 6) is -1.31. The van der Waals surface area contributed by atoms with Crippen molar-refractivity contribution < 1.29 is 19.8 Å². The molecule has 0 aromatic heterocycles. The third-order valence-electron chi connectivity index (χ3n) is 3.23. The van der Waals surface area contributed by atoms with Crippen LogP contribution < -0.4 is 10.6 Å². The van der Waals surface area contributed by atoms with Gasteiger partial charge >= 0.3 is 5.97 Å². The molecule has 0 saturated heterocycles. The number of aromatic hydroxyl groups is 1. The van der Waals surface area contributed by atoms with Crippen molar-refractivity contribution >= 4 is 11.9 Å². The number of carbonyl (C=O) groups is 2. The highest BCUT2D eigenvalue weighted by molar-refractivity contribution is 5.84. The molecule has 2 atom stereocenters. The fourth-order valence-electron chi connectivity index (χ4n) is 1.72. The summed E-state index contributed by atoms with van der Waals surface area (Å²) in [5, 5.41) is 23.9. The quantitative estimate of drug-likeness (QED) is 0.571. The first kappa shape index (κ1) is 17.0. The molecular formula is C15H22N2O4. The van der Waals surface area contributed by atoms with Gasteiger partial charge < -0.3 is 20.8 Å². The molecule has 0 saturated carbocycles. The second kappa shape index (κ2) is 8.26. The van der Waals surface area contributed by atoms with Crippen molar-refractivity contribution in [1.29, 1.82) is 0 Å². The molecule has 0 bridgehead atoms. The molecule has 1 unspecified atom stereocenters. The summed E-state index contributed by atoms with van der Waals surface area (Å²) in [5.41, 5.74) is 0.732. The molecule has 116 valence electrons. The van der Waals surface area contributed by atoms with Crippen LogP contribution >= 0.6 is 0 Å². The molecule has 21 heavy (non-hydrogen) atoms. The van der Waals surface area contributed by atoms with Gasteiger partial charge in [-0.15, -0.1) is 0 Å². The molecule has 1 aromatic carbocycles. The summed E-state index contributed by atoms with van der Waals surface area (Å²) >= 11 is 0. The minimum atomic E-state index is -1.08. The van der Waals surface area contributed by atoms with Crippen LogP contribution in [0.5, 0.6) is 5.75 Å². The van der Waals surface area contributed by atoms with Crippen LogP contribution in [0.1, 0.15) is 25.8 Å². The van der Waals surface area contributed by atoms with E-state index >= 15 is 0 Å². The van der Waals surface area contributed by atoms with Crippen molar-refractivity contribution in [3.8, 4) is 5.75 Å². The summed E-state index contributed by atoms with van der Waals surface area (Å²) in [7, 11) is 0. The van der Waals surface area contributed by atoms with Crippen molar-refractivity contribution in [3.63, 3.8) is 0 Å². The van der Waals surface area contributed by atoms with Crippen molar-refractivity contribution in [1.82, 2.24) is 10.6 Å². The van der Waals surface area contributed by atoms with Gasteiger partial charge in [-0.05, 0) is 31.0 Å². The number of hydrogen-bond donors (Lipinski definition) is 4. The number of phenols is 1. The maximum Gasteiger partial charge on any atom is 0.326 e. The maximum absolute atomic E-state index is 11.7. The molecule has 0 aliphatic heterocycles. The van der Waals surface area contributed by atoms with Crippen LogP contribution in [0.2, 0.25) is 0 Å². The Morgan fingerprint density at radius 3 is 2.38 bits per heavy atom. The molecule has 6 heteroatoms. The number of carbonyl (C=O) groups excluding carboxylic acids is 1. The first-order valence-corrected chi connectivity index (χ1v) is 6.95. The van der Waals surface area contributed by atoms with Crippen LogP contribution in [0.3, 0.4) is 0 Å².